The summed E-state index contributed by atoms with van der Waals surface area (Å²) in [6, 6.07) is 0. The second-order valence-electron chi connectivity index (χ2n) is 8.07. The molecule has 0 atom stereocenters. The van der Waals surface area contributed by atoms with Gasteiger partial charge in [-0.15, -0.1) is 15.3 Å². The van der Waals surface area contributed by atoms with E-state index in [-0.39, 0.29) is 0 Å². The molecule has 12 heteroatoms. The van der Waals surface area contributed by atoms with E-state index in [9.17, 15) is 0 Å². The summed E-state index contributed by atoms with van der Waals surface area (Å²) in [5, 5.41) is 22.9. The van der Waals surface area contributed by atoms with Crippen LogP contribution in [0, 0.1) is 83.1 Å². The van der Waals surface area contributed by atoms with E-state index >= 15 is 0 Å². The van der Waals surface area contributed by atoms with E-state index in [2.05, 4.69) is 60.5 Å². The summed E-state index contributed by atoms with van der Waals surface area (Å²) in [5.41, 5.74) is 5.59. The van der Waals surface area contributed by atoms with Crippen molar-refractivity contribution in [3.8, 4) is 0 Å². The van der Waals surface area contributed by atoms with Crippen LogP contribution in [0.2, 0.25) is 0 Å². The van der Waals surface area contributed by atoms with Crippen molar-refractivity contribution in [1.29, 1.82) is 0 Å². The minimum Gasteiger partial charge on any atom is -0.235 e. The van der Waals surface area contributed by atoms with E-state index < -0.39 is 0 Å². The SMILES string of the molecule is Cc1nc(C)nc(C)n1.Cc1nnc(C)c(C)n1.Cc1nnc(C)c(C)n1.Cc1nnc(C)c(C)n1. The highest BCUT2D eigenvalue weighted by atomic mass is 15.2. The van der Waals surface area contributed by atoms with Crippen molar-refractivity contribution in [2.75, 3.05) is 0 Å². The predicted molar refractivity (Wildman–Crippen MR) is 136 cm³/mol. The largest absolute Gasteiger partial charge is 0.235 e. The first-order valence-electron chi connectivity index (χ1n) is 11.4. The van der Waals surface area contributed by atoms with Gasteiger partial charge in [-0.25, -0.2) is 29.9 Å². The van der Waals surface area contributed by atoms with E-state index in [0.29, 0.717) is 0 Å². The number of aromatic nitrogens is 12. The summed E-state index contributed by atoms with van der Waals surface area (Å²) in [5.74, 6) is 4.58. The van der Waals surface area contributed by atoms with Gasteiger partial charge in [0.05, 0.1) is 34.2 Å². The van der Waals surface area contributed by atoms with Crippen molar-refractivity contribution < 1.29 is 0 Å². The number of aryl methyl sites for hydroxylation is 12. The number of nitrogens with zero attached hydrogens (tertiary/aromatic N) is 12. The lowest BCUT2D eigenvalue weighted by Crippen LogP contribution is -1.97. The number of rotatable bonds is 0. The molecular formula is C24H36N12. The maximum atomic E-state index is 4.10. The topological polar surface area (TPSA) is 155 Å². The summed E-state index contributed by atoms with van der Waals surface area (Å²) in [6.45, 7) is 22.6. The Bertz CT molecular complexity index is 1110. The first-order valence-corrected chi connectivity index (χ1v) is 11.4. The Balaban J connectivity index is 0.000000240. The minimum absolute atomic E-state index is 0.734. The van der Waals surface area contributed by atoms with E-state index in [0.717, 1.165) is 69.1 Å². The Morgan fingerprint density at radius 3 is 0.611 bits per heavy atom. The minimum atomic E-state index is 0.734. The molecule has 4 aromatic rings. The molecule has 0 aliphatic heterocycles. The standard InChI is InChI=1S/4C6H9N3/c1-4-7-5(2)9-6(3)8-4;3*1-4-5(2)8-9-6(3)7-4/h4*1-3H3. The number of hydrogen-bond acceptors (Lipinski definition) is 12. The third-order valence-corrected chi connectivity index (χ3v) is 4.56. The fourth-order valence-electron chi connectivity index (χ4n) is 2.47. The summed E-state index contributed by atoms with van der Waals surface area (Å²) >= 11 is 0. The van der Waals surface area contributed by atoms with Gasteiger partial charge in [-0.1, -0.05) is 0 Å². The van der Waals surface area contributed by atoms with Gasteiger partial charge >= 0.3 is 0 Å². The zero-order valence-corrected chi connectivity index (χ0v) is 23.4. The van der Waals surface area contributed by atoms with Crippen LogP contribution in [0.3, 0.4) is 0 Å². The fourth-order valence-corrected chi connectivity index (χ4v) is 2.47. The lowest BCUT2D eigenvalue weighted by Gasteiger charge is -1.94. The molecule has 0 bridgehead atoms. The van der Waals surface area contributed by atoms with Crippen LogP contribution in [-0.4, -0.2) is 60.5 Å². The molecule has 0 fully saturated rings. The molecule has 0 aliphatic carbocycles. The maximum Gasteiger partial charge on any atom is 0.148 e. The van der Waals surface area contributed by atoms with E-state index in [1.54, 1.807) is 0 Å². The van der Waals surface area contributed by atoms with Crippen LogP contribution < -0.4 is 0 Å². The molecule has 0 aromatic carbocycles. The highest BCUT2D eigenvalue weighted by Gasteiger charge is 1.96. The van der Waals surface area contributed by atoms with Gasteiger partial charge in [0.2, 0.25) is 0 Å². The van der Waals surface area contributed by atoms with E-state index in [1.807, 2.05) is 83.1 Å². The molecule has 4 rings (SSSR count). The van der Waals surface area contributed by atoms with Gasteiger partial charge in [-0.2, -0.15) is 15.3 Å². The zero-order valence-electron chi connectivity index (χ0n) is 23.4. The van der Waals surface area contributed by atoms with Gasteiger partial charge in [-0.05, 0) is 83.1 Å². The van der Waals surface area contributed by atoms with E-state index in [4.69, 9.17) is 0 Å². The van der Waals surface area contributed by atoms with Crippen molar-refractivity contribution in [3.63, 3.8) is 0 Å². The molecule has 12 nitrogen and oxygen atoms in total. The van der Waals surface area contributed by atoms with Crippen molar-refractivity contribution in [3.05, 3.63) is 69.1 Å². The molecule has 0 aliphatic rings. The first-order chi connectivity index (χ1) is 16.8. The normalized spacial score (nSPS) is 9.67. The van der Waals surface area contributed by atoms with Gasteiger partial charge in [0.15, 0.2) is 0 Å². The van der Waals surface area contributed by atoms with Crippen LogP contribution in [-0.2, 0) is 0 Å². The predicted octanol–water partition coefficient (Wildman–Crippen LogP) is 3.19. The van der Waals surface area contributed by atoms with Gasteiger partial charge in [0.25, 0.3) is 0 Å². The second kappa shape index (κ2) is 14.4. The van der Waals surface area contributed by atoms with Crippen molar-refractivity contribution in [2.24, 2.45) is 0 Å². The summed E-state index contributed by atoms with van der Waals surface area (Å²) in [4.78, 5) is 24.3. The molecule has 0 saturated heterocycles. The average molecular weight is 493 g/mol. The molecule has 0 radical (unpaired) electrons. The highest BCUT2D eigenvalue weighted by Crippen LogP contribution is 1.97. The van der Waals surface area contributed by atoms with Crippen LogP contribution in [0.4, 0.5) is 0 Å². The lowest BCUT2D eigenvalue weighted by atomic mass is 10.4. The Morgan fingerprint density at radius 2 is 0.444 bits per heavy atom. The molecule has 0 saturated carbocycles. The first kappa shape index (κ1) is 30.1. The third kappa shape index (κ3) is 11.4. The Labute approximate surface area is 213 Å². The fraction of sp³-hybridized carbons (Fsp3) is 0.500. The highest BCUT2D eigenvalue weighted by molar-refractivity contribution is 5.05. The second-order valence-corrected chi connectivity index (χ2v) is 8.07. The molecule has 192 valence electrons. The van der Waals surface area contributed by atoms with Crippen LogP contribution in [0.5, 0.6) is 0 Å². The molecule has 0 spiro atoms. The van der Waals surface area contributed by atoms with Gasteiger partial charge < -0.3 is 0 Å². The van der Waals surface area contributed by atoms with Gasteiger partial charge in [0, 0.05) is 0 Å². The molecule has 4 heterocycles. The van der Waals surface area contributed by atoms with Crippen LogP contribution >= 0.6 is 0 Å². The van der Waals surface area contributed by atoms with Gasteiger partial charge in [0.1, 0.15) is 34.9 Å². The maximum absolute atomic E-state index is 4.10. The van der Waals surface area contributed by atoms with Gasteiger partial charge in [-0.3, -0.25) is 0 Å². The summed E-state index contributed by atoms with van der Waals surface area (Å²) in [6.07, 6.45) is 0. The van der Waals surface area contributed by atoms with Crippen molar-refractivity contribution >= 4 is 0 Å². The Morgan fingerprint density at radius 1 is 0.222 bits per heavy atom. The number of hydrogen-bond donors (Lipinski definition) is 0. The molecular weight excluding hydrogens is 456 g/mol. The monoisotopic (exact) mass is 492 g/mol. The summed E-state index contributed by atoms with van der Waals surface area (Å²) in [7, 11) is 0. The molecule has 4 aromatic heterocycles. The average Bonchev–Trinajstić information content (AvgIpc) is 2.77. The Hall–Kier alpha value is -3.96. The van der Waals surface area contributed by atoms with Crippen LogP contribution in [0.15, 0.2) is 0 Å². The zero-order chi connectivity index (χ0) is 27.4. The Kier molecular flexibility index (Phi) is 12.1. The third-order valence-electron chi connectivity index (χ3n) is 4.56. The smallest absolute Gasteiger partial charge is 0.148 e. The molecule has 0 unspecified atom stereocenters. The van der Waals surface area contributed by atoms with Crippen molar-refractivity contribution in [2.45, 2.75) is 83.1 Å². The summed E-state index contributed by atoms with van der Waals surface area (Å²) < 4.78 is 0. The van der Waals surface area contributed by atoms with E-state index in [1.165, 1.54) is 0 Å². The molecule has 0 N–H and O–H groups in total. The van der Waals surface area contributed by atoms with Crippen molar-refractivity contribution in [1.82, 2.24) is 60.5 Å². The lowest BCUT2D eigenvalue weighted by molar-refractivity contribution is 0.848. The van der Waals surface area contributed by atoms with Crippen LogP contribution in [0.1, 0.15) is 69.1 Å². The quantitative estimate of drug-likeness (QED) is 0.354. The van der Waals surface area contributed by atoms with Crippen LogP contribution in [0.25, 0.3) is 0 Å². The molecule has 36 heavy (non-hydrogen) atoms. The molecule has 0 amide bonds.